The van der Waals surface area contributed by atoms with Crippen molar-refractivity contribution in [3.05, 3.63) is 458 Å². The molecule has 0 atom stereocenters. The molecule has 0 saturated carbocycles. The summed E-state index contributed by atoms with van der Waals surface area (Å²) in [6.45, 7) is 23.2. The lowest BCUT2D eigenvalue weighted by molar-refractivity contribution is 0.590. The Balaban J connectivity index is 0.000000138. The van der Waals surface area contributed by atoms with Crippen LogP contribution in [0.5, 0.6) is 0 Å². The topological polar surface area (TPSA) is 41.6 Å². The van der Waals surface area contributed by atoms with Crippen LogP contribution in [0.4, 0.5) is 34.1 Å². The van der Waals surface area contributed by atoms with E-state index in [2.05, 4.69) is 500 Å². The Hall–Kier alpha value is -17.3. The first kappa shape index (κ1) is 83.6. The smallest absolute Gasteiger partial charge is 0.159 e. The van der Waals surface area contributed by atoms with Crippen molar-refractivity contribution in [3.8, 4) is 66.8 Å². The molecule has 0 bridgehead atoms. The van der Waals surface area contributed by atoms with Gasteiger partial charge in [-0.15, -0.1) is 0 Å². The molecule has 0 amide bonds. The Morgan fingerprint density at radius 3 is 0.903 bits per heavy atom. The Morgan fingerprint density at radius 1 is 0.208 bits per heavy atom. The van der Waals surface area contributed by atoms with E-state index in [4.69, 9.17) is 8.83 Å². The van der Waals surface area contributed by atoms with Gasteiger partial charge >= 0.3 is 0 Å². The van der Waals surface area contributed by atoms with E-state index >= 15 is 0 Å². The van der Waals surface area contributed by atoms with Gasteiger partial charge in [-0.1, -0.05) is 324 Å². The number of hydrogen-bond donors (Lipinski definition) is 0. The summed E-state index contributed by atoms with van der Waals surface area (Å²) in [6, 6.07) is 159. The van der Waals surface area contributed by atoms with E-state index in [1.54, 1.807) is 0 Å². The number of nitrogens with zero attached hydrogens (tertiary/aromatic N) is 4. The van der Waals surface area contributed by atoms with Gasteiger partial charge in [-0.2, -0.15) is 0 Å². The number of benzene rings is 22. The van der Waals surface area contributed by atoms with Crippen molar-refractivity contribution in [1.82, 2.24) is 8.80 Å². The monoisotopic (exact) mass is 1840 g/mol. The maximum Gasteiger partial charge on any atom is 0.159 e. The summed E-state index contributed by atoms with van der Waals surface area (Å²) in [5.74, 6) is 0. The molecule has 6 heterocycles. The highest BCUT2D eigenvalue weighted by Gasteiger charge is 2.38. The normalized spacial score (nSPS) is 13.5. The molecule has 6 aromatic heterocycles. The van der Waals surface area contributed by atoms with Crippen LogP contribution >= 0.6 is 0 Å². The van der Waals surface area contributed by atoms with Gasteiger partial charge in [0.05, 0.1) is 44.5 Å². The first-order valence-corrected chi connectivity index (χ1v) is 50.6. The van der Waals surface area contributed by atoms with Crippen LogP contribution in [0.3, 0.4) is 0 Å². The fourth-order valence-corrected chi connectivity index (χ4v) is 24.9. The summed E-state index contributed by atoms with van der Waals surface area (Å²) in [5, 5.41) is 24.3. The zero-order valence-electron chi connectivity index (χ0n) is 82.0. The van der Waals surface area contributed by atoms with Crippen molar-refractivity contribution < 1.29 is 8.83 Å². The number of furan rings is 2. The number of para-hydroxylation sites is 6. The van der Waals surface area contributed by atoms with Crippen molar-refractivity contribution in [2.24, 2.45) is 0 Å². The van der Waals surface area contributed by atoms with Gasteiger partial charge in [0.1, 0.15) is 11.2 Å². The first-order chi connectivity index (χ1) is 70.1. The molecule has 2 aliphatic carbocycles. The molecule has 2 aliphatic rings. The van der Waals surface area contributed by atoms with Crippen LogP contribution in [0.1, 0.15) is 103 Å². The van der Waals surface area contributed by atoms with Crippen LogP contribution in [-0.2, 0) is 21.7 Å². The lowest BCUT2D eigenvalue weighted by Gasteiger charge is -2.26. The highest BCUT2D eigenvalue weighted by atomic mass is 16.3. The molecule has 684 valence electrons. The molecule has 0 spiro atoms. The molecule has 0 unspecified atom stereocenters. The van der Waals surface area contributed by atoms with Gasteiger partial charge in [0.2, 0.25) is 0 Å². The predicted molar refractivity (Wildman–Crippen MR) is 610 cm³/mol. The van der Waals surface area contributed by atoms with E-state index < -0.39 is 0 Å². The molecule has 22 aromatic carbocycles. The van der Waals surface area contributed by atoms with Crippen LogP contribution < -0.4 is 9.80 Å². The van der Waals surface area contributed by atoms with Crippen LogP contribution in [-0.4, -0.2) is 8.80 Å². The summed E-state index contributed by atoms with van der Waals surface area (Å²) < 4.78 is 18.5. The second-order valence-corrected chi connectivity index (χ2v) is 43.5. The number of anilines is 6. The molecular formula is C138H100N4O2. The van der Waals surface area contributed by atoms with Crippen LogP contribution in [0, 0.1) is 0 Å². The molecule has 6 nitrogen and oxygen atoms in total. The Bertz CT molecular complexity index is 9780. The molecule has 6 heteroatoms. The SMILES string of the molecule is CC(C)(C)c1ccc(-c2cc3c4cc5ccc(-c6ccc7c(c6)C(C)(C)c6ccccc6-7)cc5cc4n4c5cc6cc(-c7ccc8c(c7)C(C)(C)c7ccccc7-8)ccc6cc5c(c2)c34)cc1.CC(C)(C)c1ccc(-c2cc3c4cc5ccc(N(c6ccccc6)c6cccc7c6oc6ccccc67)cc5cc4n4c5cc6cc(N(c7ccccc7)c7cccc8c7oc7ccccc78)ccc6cc5c(c2)c34)cc1. The second kappa shape index (κ2) is 30.6. The minimum atomic E-state index is -0.0463. The minimum absolute atomic E-state index is 0.0463. The fraction of sp³-hybridized carbons (Fsp3) is 0.101. The molecule has 28 aromatic rings. The average Bonchev–Trinajstić information content (AvgIpc) is 1.53. The molecule has 144 heavy (non-hydrogen) atoms. The average molecular weight is 1850 g/mol. The third-order valence-corrected chi connectivity index (χ3v) is 32.4. The van der Waals surface area contributed by atoms with Crippen LogP contribution in [0.25, 0.3) is 230 Å². The third kappa shape index (κ3) is 12.6. The zero-order chi connectivity index (χ0) is 96.4. The molecule has 0 N–H and O–H groups in total. The standard InChI is InChI=1S/C72H49N3O2.C66H51N/c1-72(2,3)50-32-28-44(29-33-50)49-40-61-59-38-45-30-34-53(73(51-16-6-4-7-17-51)63-24-14-22-57-55-20-10-12-26-67(55)76-70(57)63)36-47(45)42-65(59)75-66-43-48-37-54(35-31-46(48)39-60(66)62(41-49)69(61)75)74(52-18-8-5-9-19-52)64-25-15-23-58-56-21-11-13-27-68(56)77-71(58)64;1-64(2,3)48-24-20-38(21-25-48)47-32-55-53-30-41-18-16-39(43-22-26-51-49-12-8-10-14-57(49)65(4,5)59(51)34-43)28-45(41)36-61(53)67-62-37-46-29-40(17-19-42(46)31-54(62)56(33-47)63(55)67)44-23-27-52-50-13-9-11-15-58(50)66(6,7)60(52)35-44/h4-43H,1-3H3;8-37H,1-7H3. The summed E-state index contributed by atoms with van der Waals surface area (Å²) >= 11 is 0. The van der Waals surface area contributed by atoms with Crippen LogP contribution in [0.2, 0.25) is 0 Å². The molecule has 0 radical (unpaired) electrons. The summed E-state index contributed by atoms with van der Waals surface area (Å²) in [5.41, 5.74) is 40.8. The number of hydrogen-bond acceptors (Lipinski definition) is 4. The van der Waals surface area contributed by atoms with E-state index in [-0.39, 0.29) is 21.7 Å². The molecule has 0 aliphatic heterocycles. The van der Waals surface area contributed by atoms with Gasteiger partial charge in [-0.05, 0) is 324 Å². The number of rotatable bonds is 10. The Morgan fingerprint density at radius 2 is 0.521 bits per heavy atom. The minimum Gasteiger partial charge on any atom is -0.454 e. The fourth-order valence-electron chi connectivity index (χ4n) is 24.9. The van der Waals surface area contributed by atoms with Crippen molar-refractivity contribution in [2.45, 2.75) is 90.9 Å². The van der Waals surface area contributed by atoms with Crippen molar-refractivity contribution >= 4 is 197 Å². The summed E-state index contributed by atoms with van der Waals surface area (Å²) in [7, 11) is 0. The molecule has 0 saturated heterocycles. The largest absolute Gasteiger partial charge is 0.454 e. The Kier molecular flexibility index (Phi) is 17.8. The quantitative estimate of drug-likeness (QED) is 0.137. The lowest BCUT2D eigenvalue weighted by Crippen LogP contribution is -2.14. The predicted octanol–water partition coefficient (Wildman–Crippen LogP) is 38.9. The maximum atomic E-state index is 6.69. The number of aromatic nitrogens is 2. The van der Waals surface area contributed by atoms with Gasteiger partial charge < -0.3 is 27.4 Å². The summed E-state index contributed by atoms with van der Waals surface area (Å²) in [4.78, 5) is 4.67. The molecular weight excluding hydrogens is 1750 g/mol. The second-order valence-electron chi connectivity index (χ2n) is 43.5. The van der Waals surface area contributed by atoms with Gasteiger partial charge in [-0.3, -0.25) is 0 Å². The van der Waals surface area contributed by atoms with Crippen molar-refractivity contribution in [2.75, 3.05) is 9.80 Å². The zero-order valence-corrected chi connectivity index (χ0v) is 82.0. The van der Waals surface area contributed by atoms with Crippen molar-refractivity contribution in [1.29, 1.82) is 0 Å². The lowest BCUT2D eigenvalue weighted by atomic mass is 9.81. The van der Waals surface area contributed by atoms with Crippen LogP contribution in [0.15, 0.2) is 433 Å². The highest BCUT2D eigenvalue weighted by molar-refractivity contribution is 6.30. The van der Waals surface area contributed by atoms with E-state index in [0.717, 1.165) is 88.8 Å². The Labute approximate surface area is 834 Å². The summed E-state index contributed by atoms with van der Waals surface area (Å²) in [6.07, 6.45) is 0. The first-order valence-electron chi connectivity index (χ1n) is 50.6. The molecule has 0 fully saturated rings. The highest BCUT2D eigenvalue weighted by Crippen LogP contribution is 2.56. The number of fused-ring (bicyclic) bond motifs is 28. The van der Waals surface area contributed by atoms with Gasteiger partial charge in [0, 0.05) is 98.2 Å². The van der Waals surface area contributed by atoms with Gasteiger partial charge in [0.15, 0.2) is 11.2 Å². The van der Waals surface area contributed by atoms with Gasteiger partial charge in [-0.25, -0.2) is 0 Å². The molecule has 30 rings (SSSR count). The maximum absolute atomic E-state index is 6.69. The van der Waals surface area contributed by atoms with Crippen molar-refractivity contribution in [3.63, 3.8) is 0 Å². The van der Waals surface area contributed by atoms with E-state index in [1.807, 2.05) is 12.1 Å². The third-order valence-electron chi connectivity index (χ3n) is 32.4. The van der Waals surface area contributed by atoms with E-state index in [1.165, 1.54) is 209 Å². The van der Waals surface area contributed by atoms with E-state index in [0.29, 0.717) is 0 Å². The van der Waals surface area contributed by atoms with Gasteiger partial charge in [0.25, 0.3) is 0 Å². The van der Waals surface area contributed by atoms with E-state index in [9.17, 15) is 0 Å².